The van der Waals surface area contributed by atoms with E-state index >= 15 is 0 Å². The van der Waals surface area contributed by atoms with E-state index in [1.54, 1.807) is 6.20 Å². The Labute approximate surface area is 239 Å². The first-order valence-electron chi connectivity index (χ1n) is 12.5. The molecule has 0 unspecified atom stereocenters. The van der Waals surface area contributed by atoms with Gasteiger partial charge >= 0.3 is 6.18 Å². The molecule has 2 amide bonds. The van der Waals surface area contributed by atoms with E-state index in [0.29, 0.717) is 36.1 Å². The summed E-state index contributed by atoms with van der Waals surface area (Å²) < 4.78 is 69.7. The number of hydrogen-bond donors (Lipinski definition) is 2. The summed E-state index contributed by atoms with van der Waals surface area (Å²) in [6, 6.07) is 9.14. The Bertz CT molecular complexity index is 1840. The van der Waals surface area contributed by atoms with E-state index in [4.69, 9.17) is 11.6 Å². The molecule has 1 fully saturated rings. The van der Waals surface area contributed by atoms with E-state index in [0.717, 1.165) is 12.1 Å². The summed E-state index contributed by atoms with van der Waals surface area (Å²) in [6.45, 7) is 0. The predicted octanol–water partition coefficient (Wildman–Crippen LogP) is 6.60. The fourth-order valence-corrected chi connectivity index (χ4v) is 5.19. The maximum Gasteiger partial charge on any atom is 0.416 e. The molecule has 1 atom stereocenters. The number of hydrogen-bond acceptors (Lipinski definition) is 4. The van der Waals surface area contributed by atoms with Crippen molar-refractivity contribution in [2.45, 2.75) is 30.6 Å². The highest BCUT2D eigenvalue weighted by Crippen LogP contribution is 2.44. The molecule has 1 aromatic heterocycles. The third-order valence-corrected chi connectivity index (χ3v) is 7.62. The number of anilines is 1. The minimum Gasteiger partial charge on any atom is -0.341 e. The first-order chi connectivity index (χ1) is 19.9. The number of amides is 2. The second-order valence-electron chi connectivity index (χ2n) is 10.1. The van der Waals surface area contributed by atoms with Crippen LogP contribution in [-0.4, -0.2) is 21.6 Å². The SMILES string of the molecule is N#CC1(n2cc(-c3cc(NC(=O)c4cc(F)cc(C(F)(F)F)c4)c4c(c3)C(=O)N[C@H]4c3cc(F)ccc3Cl)cn2)CC1. The van der Waals surface area contributed by atoms with E-state index in [1.165, 1.54) is 29.1 Å². The lowest BCUT2D eigenvalue weighted by Crippen LogP contribution is -2.21. The zero-order valence-electron chi connectivity index (χ0n) is 21.2. The molecular weight excluding hydrogens is 581 g/mol. The predicted molar refractivity (Wildman–Crippen MR) is 141 cm³/mol. The molecule has 1 aliphatic carbocycles. The number of aromatic nitrogens is 2. The highest BCUT2D eigenvalue weighted by molar-refractivity contribution is 6.31. The van der Waals surface area contributed by atoms with Crippen molar-refractivity contribution < 1.29 is 31.5 Å². The Morgan fingerprint density at radius 3 is 2.55 bits per heavy atom. The summed E-state index contributed by atoms with van der Waals surface area (Å²) in [5, 5.41) is 19.1. The van der Waals surface area contributed by atoms with Gasteiger partial charge in [0.1, 0.15) is 17.2 Å². The van der Waals surface area contributed by atoms with E-state index < -0.39 is 52.3 Å². The topological polar surface area (TPSA) is 99.8 Å². The molecule has 6 rings (SSSR count). The van der Waals surface area contributed by atoms with Crippen LogP contribution in [0.1, 0.15) is 56.3 Å². The van der Waals surface area contributed by atoms with Crippen molar-refractivity contribution in [3.8, 4) is 17.2 Å². The smallest absolute Gasteiger partial charge is 0.341 e. The maximum atomic E-state index is 14.2. The Hall–Kier alpha value is -4.76. The second-order valence-corrected chi connectivity index (χ2v) is 10.5. The quantitative estimate of drug-likeness (QED) is 0.253. The van der Waals surface area contributed by atoms with Crippen molar-refractivity contribution in [3.05, 3.63) is 105 Å². The van der Waals surface area contributed by atoms with Crippen LogP contribution in [-0.2, 0) is 11.7 Å². The molecule has 13 heteroatoms. The molecule has 3 aromatic carbocycles. The Balaban J connectivity index is 1.48. The van der Waals surface area contributed by atoms with Gasteiger partial charge in [-0.3, -0.25) is 14.3 Å². The average molecular weight is 598 g/mol. The molecule has 1 saturated carbocycles. The number of carbonyl (C=O) groups is 2. The van der Waals surface area contributed by atoms with Crippen molar-refractivity contribution in [3.63, 3.8) is 0 Å². The van der Waals surface area contributed by atoms with Gasteiger partial charge in [-0.1, -0.05) is 11.6 Å². The molecule has 2 aliphatic rings. The van der Waals surface area contributed by atoms with Crippen LogP contribution in [0.5, 0.6) is 0 Å². The normalized spacial score (nSPS) is 16.9. The van der Waals surface area contributed by atoms with E-state index in [2.05, 4.69) is 21.8 Å². The number of fused-ring (bicyclic) bond motifs is 1. The van der Waals surface area contributed by atoms with Crippen LogP contribution >= 0.6 is 11.6 Å². The van der Waals surface area contributed by atoms with Gasteiger partial charge in [-0.2, -0.15) is 23.5 Å². The molecule has 1 aliphatic heterocycles. The van der Waals surface area contributed by atoms with Crippen molar-refractivity contribution in [2.75, 3.05) is 5.32 Å². The van der Waals surface area contributed by atoms with E-state index in [1.807, 2.05) is 0 Å². The van der Waals surface area contributed by atoms with Gasteiger partial charge in [0.25, 0.3) is 11.8 Å². The van der Waals surface area contributed by atoms with Crippen molar-refractivity contribution in [1.82, 2.24) is 15.1 Å². The van der Waals surface area contributed by atoms with Crippen LogP contribution in [0.3, 0.4) is 0 Å². The number of halogens is 6. The number of rotatable bonds is 5. The summed E-state index contributed by atoms with van der Waals surface area (Å²) >= 11 is 6.32. The van der Waals surface area contributed by atoms with E-state index in [-0.39, 0.29) is 33.5 Å². The monoisotopic (exact) mass is 597 g/mol. The Kier molecular flexibility index (Phi) is 6.31. The fourth-order valence-electron chi connectivity index (χ4n) is 4.97. The summed E-state index contributed by atoms with van der Waals surface area (Å²) in [5.74, 6) is -3.58. The van der Waals surface area contributed by atoms with E-state index in [9.17, 15) is 36.8 Å². The van der Waals surface area contributed by atoms with Gasteiger partial charge in [-0.25, -0.2) is 8.78 Å². The molecule has 0 bridgehead atoms. The lowest BCUT2D eigenvalue weighted by molar-refractivity contribution is -0.137. The van der Waals surface area contributed by atoms with Crippen LogP contribution in [0.25, 0.3) is 11.1 Å². The second kappa shape index (κ2) is 9.66. The third kappa shape index (κ3) is 4.75. The van der Waals surface area contributed by atoms with Crippen LogP contribution in [0.4, 0.5) is 27.6 Å². The van der Waals surface area contributed by atoms with Gasteiger partial charge in [0.2, 0.25) is 0 Å². The molecule has 0 radical (unpaired) electrons. The zero-order chi connectivity index (χ0) is 30.0. The Morgan fingerprint density at radius 1 is 1.10 bits per heavy atom. The molecule has 2 N–H and O–H groups in total. The van der Waals surface area contributed by atoms with Gasteiger partial charge in [0, 0.05) is 44.7 Å². The third-order valence-electron chi connectivity index (χ3n) is 7.28. The van der Waals surface area contributed by atoms with Crippen molar-refractivity contribution >= 4 is 29.1 Å². The van der Waals surface area contributed by atoms with Gasteiger partial charge in [-0.15, -0.1) is 0 Å². The van der Waals surface area contributed by atoms with Gasteiger partial charge in [-0.05, 0) is 66.9 Å². The molecule has 4 aromatic rings. The van der Waals surface area contributed by atoms with Gasteiger partial charge < -0.3 is 10.6 Å². The number of nitrogens with zero attached hydrogens (tertiary/aromatic N) is 3. The van der Waals surface area contributed by atoms with Crippen LogP contribution in [0.15, 0.2) is 60.9 Å². The minimum absolute atomic E-state index is 0.0110. The zero-order valence-corrected chi connectivity index (χ0v) is 21.9. The highest BCUT2D eigenvalue weighted by Gasteiger charge is 2.46. The molecule has 0 saturated heterocycles. The van der Waals surface area contributed by atoms with Crippen molar-refractivity contribution in [1.29, 1.82) is 5.26 Å². The largest absolute Gasteiger partial charge is 0.416 e. The van der Waals surface area contributed by atoms with Crippen LogP contribution in [0, 0.1) is 23.0 Å². The van der Waals surface area contributed by atoms with Gasteiger partial charge in [0.05, 0.1) is 23.9 Å². The number of carbonyl (C=O) groups excluding carboxylic acids is 2. The van der Waals surface area contributed by atoms with Crippen LogP contribution < -0.4 is 10.6 Å². The summed E-state index contributed by atoms with van der Waals surface area (Å²) in [7, 11) is 0. The summed E-state index contributed by atoms with van der Waals surface area (Å²) in [4.78, 5) is 26.4. The molecule has 42 heavy (non-hydrogen) atoms. The number of nitrogens with one attached hydrogen (secondary N) is 2. The first-order valence-corrected chi connectivity index (χ1v) is 12.9. The lowest BCUT2D eigenvalue weighted by atomic mass is 9.93. The molecule has 7 nitrogen and oxygen atoms in total. The molecular formula is C29H17ClF5N5O2. The fraction of sp³-hybridized carbons (Fsp3) is 0.172. The molecule has 0 spiro atoms. The van der Waals surface area contributed by atoms with Gasteiger partial charge in [0.15, 0.2) is 0 Å². The van der Waals surface area contributed by atoms with Crippen molar-refractivity contribution in [2.24, 2.45) is 0 Å². The summed E-state index contributed by atoms with van der Waals surface area (Å²) in [6.07, 6.45) is -0.596. The number of benzene rings is 3. The van der Waals surface area contributed by atoms with Crippen LogP contribution in [0.2, 0.25) is 5.02 Å². The lowest BCUT2D eigenvalue weighted by Gasteiger charge is -2.19. The first kappa shape index (κ1) is 27.4. The standard InChI is InChI=1S/C29H17ClF5N5O2/c30-22-2-1-18(31)10-20(22)25-24-21(27(42)39-25)7-14(16-11-37-40(12-16)28(13-36)3-4-28)8-23(24)38-26(41)15-5-17(29(33,34)35)9-19(32)6-15/h1-2,5-12,25H,3-4H2,(H,38,41)(H,39,42)/t25-/m0/s1. The average Bonchev–Trinajstić information content (AvgIpc) is 3.44. The maximum absolute atomic E-state index is 14.2. The number of nitriles is 1. The summed E-state index contributed by atoms with van der Waals surface area (Å²) in [5.41, 5.74) is -1.44. The minimum atomic E-state index is -4.91. The number of alkyl halides is 3. The highest BCUT2D eigenvalue weighted by atomic mass is 35.5. The molecule has 212 valence electrons. The Morgan fingerprint density at radius 2 is 1.86 bits per heavy atom. The molecule has 2 heterocycles.